The number of hydrogen-bond acceptors (Lipinski definition) is 4. The maximum absolute atomic E-state index is 13.4. The number of hydrogen-bond donors (Lipinski definition) is 1. The molecule has 0 unspecified atom stereocenters. The van der Waals surface area contributed by atoms with Gasteiger partial charge in [0.15, 0.2) is 5.78 Å². The molecular formula is C29H32FN3O2. The maximum Gasteiger partial charge on any atom is 0.258 e. The van der Waals surface area contributed by atoms with Crippen LogP contribution in [0, 0.1) is 25.6 Å². The first-order valence-electron chi connectivity index (χ1n) is 12.1. The summed E-state index contributed by atoms with van der Waals surface area (Å²) < 4.78 is 13.2. The van der Waals surface area contributed by atoms with Crippen LogP contribution >= 0.6 is 0 Å². The van der Waals surface area contributed by atoms with Crippen LogP contribution in [0.2, 0.25) is 0 Å². The van der Waals surface area contributed by atoms with E-state index in [-0.39, 0.29) is 23.4 Å². The third-order valence-electron chi connectivity index (χ3n) is 6.93. The Morgan fingerprint density at radius 2 is 1.54 bits per heavy atom. The second-order valence-electron chi connectivity index (χ2n) is 9.33. The zero-order valence-corrected chi connectivity index (χ0v) is 20.3. The van der Waals surface area contributed by atoms with Crippen LogP contribution in [0.4, 0.5) is 15.8 Å². The average Bonchev–Trinajstić information content (AvgIpc) is 2.87. The van der Waals surface area contributed by atoms with Crippen LogP contribution in [0.1, 0.15) is 44.7 Å². The van der Waals surface area contributed by atoms with Crippen molar-refractivity contribution in [1.29, 1.82) is 0 Å². The lowest BCUT2D eigenvalue weighted by molar-refractivity contribution is 0.0841. The molecule has 35 heavy (non-hydrogen) atoms. The van der Waals surface area contributed by atoms with Crippen molar-refractivity contribution in [3.05, 3.63) is 94.8 Å². The van der Waals surface area contributed by atoms with Crippen LogP contribution < -0.4 is 10.6 Å². The summed E-state index contributed by atoms with van der Waals surface area (Å²) in [5, 5.41) is 0. The topological polar surface area (TPSA) is 66.6 Å². The fourth-order valence-corrected chi connectivity index (χ4v) is 4.53. The lowest BCUT2D eigenvalue weighted by Gasteiger charge is -2.33. The number of ketones is 1. The van der Waals surface area contributed by atoms with Crippen molar-refractivity contribution < 1.29 is 14.0 Å². The first-order chi connectivity index (χ1) is 16.8. The molecule has 1 amide bonds. The number of rotatable bonds is 7. The molecule has 1 aliphatic heterocycles. The number of carbonyl (C=O) groups excluding carboxylic acids is 2. The molecule has 0 bridgehead atoms. The third kappa shape index (κ3) is 5.95. The van der Waals surface area contributed by atoms with E-state index >= 15 is 0 Å². The van der Waals surface area contributed by atoms with Crippen LogP contribution in [-0.4, -0.2) is 42.8 Å². The smallest absolute Gasteiger partial charge is 0.258 e. The molecule has 0 aliphatic carbocycles. The van der Waals surface area contributed by atoms with Crippen LogP contribution in [0.5, 0.6) is 0 Å². The number of aryl methyl sites for hydroxylation is 2. The van der Waals surface area contributed by atoms with Gasteiger partial charge in [-0.2, -0.15) is 0 Å². The Morgan fingerprint density at radius 3 is 2.17 bits per heavy atom. The van der Waals surface area contributed by atoms with Crippen molar-refractivity contribution in [2.24, 2.45) is 5.92 Å². The molecule has 2 N–H and O–H groups in total. The molecular weight excluding hydrogens is 441 g/mol. The van der Waals surface area contributed by atoms with Gasteiger partial charge in [0, 0.05) is 41.5 Å². The molecule has 3 aromatic rings. The van der Waals surface area contributed by atoms with Gasteiger partial charge in [-0.1, -0.05) is 6.07 Å². The van der Waals surface area contributed by atoms with E-state index in [1.807, 2.05) is 24.0 Å². The first kappa shape index (κ1) is 24.6. The normalized spacial score (nSPS) is 14.6. The number of nitrogen functional groups attached to an aromatic ring is 1. The standard InChI is InChI=1S/C29H32FN3O2/c1-20-3-12-27(19-21(20)2)33(29(35)24-6-10-26(31)11-7-24)18-17-32-15-13-23(14-16-32)28(34)22-4-8-25(30)9-5-22/h3-12,19,23H,13-18,31H2,1-2H3. The lowest BCUT2D eigenvalue weighted by atomic mass is 9.89. The van der Waals surface area contributed by atoms with Crippen molar-refractivity contribution in [3.8, 4) is 0 Å². The number of halogens is 1. The number of nitrogens with two attached hydrogens (primary N) is 1. The monoisotopic (exact) mass is 473 g/mol. The molecule has 0 spiro atoms. The molecule has 1 heterocycles. The number of benzene rings is 3. The summed E-state index contributed by atoms with van der Waals surface area (Å²) >= 11 is 0. The highest BCUT2D eigenvalue weighted by Gasteiger charge is 2.27. The van der Waals surface area contributed by atoms with Gasteiger partial charge in [0.05, 0.1) is 0 Å². The van der Waals surface area contributed by atoms with E-state index in [0.717, 1.165) is 37.2 Å². The van der Waals surface area contributed by atoms with Crippen molar-refractivity contribution in [2.45, 2.75) is 26.7 Å². The van der Waals surface area contributed by atoms with Gasteiger partial charge in [0.2, 0.25) is 0 Å². The molecule has 0 atom stereocenters. The predicted molar refractivity (Wildman–Crippen MR) is 138 cm³/mol. The predicted octanol–water partition coefficient (Wildman–Crippen LogP) is 5.27. The minimum Gasteiger partial charge on any atom is -0.399 e. The van der Waals surface area contributed by atoms with Gasteiger partial charge in [-0.3, -0.25) is 9.59 Å². The Bertz CT molecular complexity index is 1180. The van der Waals surface area contributed by atoms with E-state index in [1.165, 1.54) is 17.7 Å². The van der Waals surface area contributed by atoms with Gasteiger partial charge < -0.3 is 15.5 Å². The molecule has 182 valence electrons. The van der Waals surface area contributed by atoms with E-state index in [0.29, 0.717) is 29.9 Å². The molecule has 1 fully saturated rings. The highest BCUT2D eigenvalue weighted by atomic mass is 19.1. The Labute approximate surface area is 206 Å². The number of nitrogens with zero attached hydrogens (tertiary/aromatic N) is 2. The molecule has 3 aromatic carbocycles. The van der Waals surface area contributed by atoms with E-state index in [1.54, 1.807) is 36.4 Å². The van der Waals surface area contributed by atoms with Gasteiger partial charge in [0.25, 0.3) is 5.91 Å². The maximum atomic E-state index is 13.4. The first-order valence-corrected chi connectivity index (χ1v) is 12.1. The lowest BCUT2D eigenvalue weighted by Crippen LogP contribution is -2.43. The Hall–Kier alpha value is -3.51. The summed E-state index contributed by atoms with van der Waals surface area (Å²) in [4.78, 5) is 30.4. The minimum absolute atomic E-state index is 0.0519. The van der Waals surface area contributed by atoms with Gasteiger partial charge >= 0.3 is 0 Å². The van der Waals surface area contributed by atoms with E-state index in [2.05, 4.69) is 17.9 Å². The molecule has 6 heteroatoms. The summed E-state index contributed by atoms with van der Waals surface area (Å²) in [6.45, 7) is 6.94. The van der Waals surface area contributed by atoms with E-state index in [4.69, 9.17) is 5.73 Å². The van der Waals surface area contributed by atoms with Crippen LogP contribution in [0.25, 0.3) is 0 Å². The molecule has 0 radical (unpaired) electrons. The summed E-state index contributed by atoms with van der Waals surface area (Å²) in [6.07, 6.45) is 1.51. The van der Waals surface area contributed by atoms with Crippen molar-refractivity contribution in [2.75, 3.05) is 36.8 Å². The molecule has 0 aromatic heterocycles. The third-order valence-corrected chi connectivity index (χ3v) is 6.93. The number of Topliss-reactive ketones (excluding diaryl/α,β-unsaturated/α-hetero) is 1. The van der Waals surface area contributed by atoms with Gasteiger partial charge in [-0.25, -0.2) is 4.39 Å². The highest BCUT2D eigenvalue weighted by Crippen LogP contribution is 2.24. The second-order valence-corrected chi connectivity index (χ2v) is 9.33. The van der Waals surface area contributed by atoms with Gasteiger partial charge in [0.1, 0.15) is 5.82 Å². The number of carbonyl (C=O) groups is 2. The second kappa shape index (κ2) is 10.8. The van der Waals surface area contributed by atoms with Gasteiger partial charge in [-0.15, -0.1) is 0 Å². The summed E-state index contributed by atoms with van der Waals surface area (Å²) in [7, 11) is 0. The molecule has 1 saturated heterocycles. The minimum atomic E-state index is -0.335. The number of amides is 1. The summed E-state index contributed by atoms with van der Waals surface area (Å²) in [5.41, 5.74) is 10.8. The average molecular weight is 474 g/mol. The van der Waals surface area contributed by atoms with Crippen LogP contribution in [0.15, 0.2) is 66.7 Å². The zero-order chi connectivity index (χ0) is 24.9. The van der Waals surface area contributed by atoms with Crippen LogP contribution in [-0.2, 0) is 0 Å². The number of likely N-dealkylation sites (tertiary alicyclic amines) is 1. The van der Waals surface area contributed by atoms with Crippen molar-refractivity contribution in [1.82, 2.24) is 4.90 Å². The van der Waals surface area contributed by atoms with Crippen LogP contribution in [0.3, 0.4) is 0 Å². The zero-order valence-electron chi connectivity index (χ0n) is 20.3. The fourth-order valence-electron chi connectivity index (χ4n) is 4.53. The SMILES string of the molecule is Cc1ccc(N(CCN2CCC(C(=O)c3ccc(F)cc3)CC2)C(=O)c2ccc(N)cc2)cc1C. The molecule has 0 saturated carbocycles. The summed E-state index contributed by atoms with van der Waals surface area (Å²) in [6, 6.07) is 18.9. The largest absolute Gasteiger partial charge is 0.399 e. The van der Waals surface area contributed by atoms with E-state index in [9.17, 15) is 14.0 Å². The molecule has 4 rings (SSSR count). The highest BCUT2D eigenvalue weighted by molar-refractivity contribution is 6.06. The number of piperidine rings is 1. The van der Waals surface area contributed by atoms with E-state index < -0.39 is 0 Å². The quantitative estimate of drug-likeness (QED) is 0.375. The fraction of sp³-hybridized carbons (Fsp3) is 0.310. The van der Waals surface area contributed by atoms with Crippen molar-refractivity contribution >= 4 is 23.1 Å². The van der Waals surface area contributed by atoms with Crippen molar-refractivity contribution in [3.63, 3.8) is 0 Å². The molecule has 1 aliphatic rings. The Balaban J connectivity index is 1.42. The Morgan fingerprint density at radius 1 is 0.914 bits per heavy atom. The number of anilines is 2. The van der Waals surface area contributed by atoms with Gasteiger partial charge in [-0.05, 0) is 112 Å². The summed E-state index contributed by atoms with van der Waals surface area (Å²) in [5.74, 6) is -0.364. The molecule has 5 nitrogen and oxygen atoms in total. The Kier molecular flexibility index (Phi) is 7.61.